The molecule has 0 N–H and O–H groups in total. The summed E-state index contributed by atoms with van der Waals surface area (Å²) in [6, 6.07) is 0.909. The highest BCUT2D eigenvalue weighted by Crippen LogP contribution is 2.19. The van der Waals surface area contributed by atoms with Gasteiger partial charge in [0.2, 0.25) is 0 Å². The summed E-state index contributed by atoms with van der Waals surface area (Å²) in [4.78, 5) is 11.4. The monoisotopic (exact) mass is 274 g/mol. The number of carbonyl (C=O) groups is 1. The fourth-order valence-corrected chi connectivity index (χ4v) is 4.28. The average molecular weight is 274 g/mol. The van der Waals surface area contributed by atoms with Crippen molar-refractivity contribution in [2.45, 2.75) is 59.4 Å². The first kappa shape index (κ1) is 17.3. The topological polar surface area (TPSA) is 44.8 Å². The van der Waals surface area contributed by atoms with E-state index in [1.165, 1.54) is 0 Å². The quantitative estimate of drug-likeness (QED) is 0.280. The van der Waals surface area contributed by atoms with Gasteiger partial charge in [-0.3, -0.25) is 0 Å². The van der Waals surface area contributed by atoms with Crippen molar-refractivity contribution in [2.75, 3.05) is 6.61 Å². The van der Waals surface area contributed by atoms with E-state index in [1.807, 2.05) is 13.5 Å². The summed E-state index contributed by atoms with van der Waals surface area (Å²) in [5.41, 5.74) is 0.374. The summed E-state index contributed by atoms with van der Waals surface area (Å²) in [7, 11) is -2.24. The number of unbranched alkanes of at least 4 members (excludes halogenated alkanes) is 1. The van der Waals surface area contributed by atoms with Crippen molar-refractivity contribution in [2.24, 2.45) is 0 Å². The van der Waals surface area contributed by atoms with Gasteiger partial charge in [0.25, 0.3) is 0 Å². The van der Waals surface area contributed by atoms with Crippen molar-refractivity contribution in [1.82, 2.24) is 0 Å². The van der Waals surface area contributed by atoms with Gasteiger partial charge in [-0.1, -0.05) is 26.3 Å². The zero-order chi connectivity index (χ0) is 14.2. The van der Waals surface area contributed by atoms with E-state index in [1.54, 1.807) is 13.8 Å². The summed E-state index contributed by atoms with van der Waals surface area (Å²) < 4.78 is 16.7. The molecule has 0 radical (unpaired) electrons. The predicted molar refractivity (Wildman–Crippen MR) is 74.4 cm³/mol. The first-order valence-corrected chi connectivity index (χ1v) is 9.05. The van der Waals surface area contributed by atoms with Crippen molar-refractivity contribution < 1.29 is 18.4 Å². The summed E-state index contributed by atoms with van der Waals surface area (Å²) in [6.45, 7) is 13.6. The highest BCUT2D eigenvalue weighted by atomic mass is 28.4. The van der Waals surface area contributed by atoms with Gasteiger partial charge < -0.3 is 13.6 Å². The number of ether oxygens (including phenoxy) is 1. The lowest BCUT2D eigenvalue weighted by Crippen LogP contribution is -2.42. The SMILES string of the molecule is C=C(C)C(=O)OC(C)O[Si](C)(CCCC)OCC. The Morgan fingerprint density at radius 1 is 1.39 bits per heavy atom. The molecule has 0 spiro atoms. The van der Waals surface area contributed by atoms with Crippen LogP contribution in [0.5, 0.6) is 0 Å². The van der Waals surface area contributed by atoms with Crippen LogP contribution in [0.1, 0.15) is 40.5 Å². The maximum Gasteiger partial charge on any atom is 0.337 e. The Bertz CT molecular complexity index is 280. The maximum atomic E-state index is 11.4. The number of esters is 1. The molecule has 0 aliphatic carbocycles. The molecule has 0 amide bonds. The molecule has 0 saturated heterocycles. The minimum atomic E-state index is -2.24. The molecule has 0 fully saturated rings. The molecule has 0 rings (SSSR count). The summed E-state index contributed by atoms with van der Waals surface area (Å²) in [5.74, 6) is -0.425. The molecule has 0 aromatic carbocycles. The van der Waals surface area contributed by atoms with Gasteiger partial charge in [0.1, 0.15) is 0 Å². The Balaban J connectivity index is 4.38. The van der Waals surface area contributed by atoms with E-state index in [-0.39, 0.29) is 0 Å². The van der Waals surface area contributed by atoms with Crippen molar-refractivity contribution >= 4 is 14.5 Å². The normalized spacial score (nSPS) is 15.8. The van der Waals surface area contributed by atoms with Gasteiger partial charge in [-0.05, 0) is 33.4 Å². The molecule has 2 unspecified atom stereocenters. The second kappa shape index (κ2) is 8.45. The standard InChI is InChI=1S/C13H26O4Si/c1-7-9-10-18(6,15-8-2)17-12(5)16-13(14)11(3)4/h12H,3,7-10H2,1-2,4-6H3. The Labute approximate surface area is 112 Å². The molecular formula is C13H26O4Si. The van der Waals surface area contributed by atoms with Crippen LogP contribution in [-0.2, 0) is 18.4 Å². The third kappa shape index (κ3) is 6.93. The van der Waals surface area contributed by atoms with Crippen LogP contribution in [0.4, 0.5) is 0 Å². The number of hydrogen-bond acceptors (Lipinski definition) is 4. The molecule has 0 aromatic rings. The van der Waals surface area contributed by atoms with E-state index in [4.69, 9.17) is 13.6 Å². The largest absolute Gasteiger partial charge is 0.434 e. The summed E-state index contributed by atoms with van der Waals surface area (Å²) >= 11 is 0. The second-order valence-corrected chi connectivity index (χ2v) is 7.83. The highest BCUT2D eigenvalue weighted by molar-refractivity contribution is 6.66. The number of rotatable bonds is 9. The van der Waals surface area contributed by atoms with Crippen molar-refractivity contribution in [1.29, 1.82) is 0 Å². The molecule has 0 aliphatic heterocycles. The first-order chi connectivity index (χ1) is 8.34. The maximum absolute atomic E-state index is 11.4. The van der Waals surface area contributed by atoms with Crippen LogP contribution in [0.25, 0.3) is 0 Å². The van der Waals surface area contributed by atoms with Gasteiger partial charge >= 0.3 is 14.5 Å². The van der Waals surface area contributed by atoms with E-state index in [2.05, 4.69) is 13.5 Å². The third-order valence-electron chi connectivity index (χ3n) is 2.47. The Morgan fingerprint density at radius 3 is 2.44 bits per heavy atom. The zero-order valence-electron chi connectivity index (χ0n) is 12.2. The molecule has 0 saturated carbocycles. The molecule has 0 aromatic heterocycles. The van der Waals surface area contributed by atoms with E-state index in [0.717, 1.165) is 18.9 Å². The Hall–Kier alpha value is -0.653. The second-order valence-electron chi connectivity index (χ2n) is 4.54. The summed E-state index contributed by atoms with van der Waals surface area (Å²) in [5, 5.41) is 0. The Morgan fingerprint density at radius 2 is 2.00 bits per heavy atom. The highest BCUT2D eigenvalue weighted by Gasteiger charge is 2.33. The van der Waals surface area contributed by atoms with Gasteiger partial charge in [-0.25, -0.2) is 4.79 Å². The lowest BCUT2D eigenvalue weighted by Gasteiger charge is -2.29. The van der Waals surface area contributed by atoms with Crippen molar-refractivity contribution in [3.8, 4) is 0 Å². The van der Waals surface area contributed by atoms with Crippen LogP contribution < -0.4 is 0 Å². The van der Waals surface area contributed by atoms with Gasteiger partial charge in [0.15, 0.2) is 6.29 Å². The van der Waals surface area contributed by atoms with Crippen LogP contribution in [0.3, 0.4) is 0 Å². The van der Waals surface area contributed by atoms with E-state index >= 15 is 0 Å². The minimum Gasteiger partial charge on any atom is -0.434 e. The number of hydrogen-bond donors (Lipinski definition) is 0. The third-order valence-corrected chi connectivity index (χ3v) is 5.46. The summed E-state index contributed by atoms with van der Waals surface area (Å²) in [6.07, 6.45) is 1.57. The van der Waals surface area contributed by atoms with E-state index in [0.29, 0.717) is 12.2 Å². The van der Waals surface area contributed by atoms with Crippen LogP contribution in [0, 0.1) is 0 Å². The van der Waals surface area contributed by atoms with Crippen molar-refractivity contribution in [3.05, 3.63) is 12.2 Å². The van der Waals surface area contributed by atoms with Crippen LogP contribution >= 0.6 is 0 Å². The average Bonchev–Trinajstić information content (AvgIpc) is 2.26. The van der Waals surface area contributed by atoms with Crippen molar-refractivity contribution in [3.63, 3.8) is 0 Å². The predicted octanol–water partition coefficient (Wildman–Crippen LogP) is 3.38. The molecule has 2 atom stereocenters. The minimum absolute atomic E-state index is 0.374. The molecule has 5 heteroatoms. The van der Waals surface area contributed by atoms with Gasteiger partial charge in [-0.15, -0.1) is 0 Å². The van der Waals surface area contributed by atoms with E-state index in [9.17, 15) is 4.79 Å². The first-order valence-electron chi connectivity index (χ1n) is 6.53. The molecule has 106 valence electrons. The Kier molecular flexibility index (Phi) is 8.14. The van der Waals surface area contributed by atoms with Gasteiger partial charge in [0, 0.05) is 12.2 Å². The fourth-order valence-electron chi connectivity index (χ4n) is 1.59. The molecule has 4 nitrogen and oxygen atoms in total. The van der Waals surface area contributed by atoms with Crippen LogP contribution in [0.15, 0.2) is 12.2 Å². The smallest absolute Gasteiger partial charge is 0.337 e. The molecule has 0 bridgehead atoms. The zero-order valence-corrected chi connectivity index (χ0v) is 13.2. The van der Waals surface area contributed by atoms with Gasteiger partial charge in [0.05, 0.1) is 0 Å². The van der Waals surface area contributed by atoms with Crippen LogP contribution in [-0.4, -0.2) is 27.4 Å². The number of carbonyl (C=O) groups excluding carboxylic acids is 1. The molecule has 0 aliphatic rings. The fraction of sp³-hybridized carbons (Fsp3) is 0.769. The lowest BCUT2D eigenvalue weighted by atomic mass is 10.4. The molecule has 18 heavy (non-hydrogen) atoms. The molecular weight excluding hydrogens is 248 g/mol. The van der Waals surface area contributed by atoms with Crippen LogP contribution in [0.2, 0.25) is 12.6 Å². The van der Waals surface area contributed by atoms with E-state index < -0.39 is 20.8 Å². The lowest BCUT2D eigenvalue weighted by molar-refractivity contribution is -0.159. The van der Waals surface area contributed by atoms with Gasteiger partial charge in [-0.2, -0.15) is 0 Å². The molecule has 0 heterocycles.